The van der Waals surface area contributed by atoms with Gasteiger partial charge in [0.2, 0.25) is 0 Å². The standard InChI is InChI=1S/C16H19NO4/c1-10-6-5-7-12-11(2)15(21-14(10)12)16(20)17-9-4-3-8-13(18)19/h5-7H,3-4,8-9H2,1-2H3,(H,17,20)(H,18,19). The van der Waals surface area contributed by atoms with Crippen LogP contribution >= 0.6 is 0 Å². The van der Waals surface area contributed by atoms with Gasteiger partial charge in [-0.15, -0.1) is 0 Å². The summed E-state index contributed by atoms with van der Waals surface area (Å²) in [6, 6.07) is 5.82. The third kappa shape index (κ3) is 3.42. The number of carbonyl (C=O) groups excluding carboxylic acids is 1. The third-order valence-electron chi connectivity index (χ3n) is 3.47. The van der Waals surface area contributed by atoms with E-state index in [1.165, 1.54) is 0 Å². The molecule has 0 aliphatic rings. The number of hydrogen-bond acceptors (Lipinski definition) is 3. The molecule has 0 saturated carbocycles. The zero-order valence-electron chi connectivity index (χ0n) is 12.2. The van der Waals surface area contributed by atoms with Gasteiger partial charge in [-0.25, -0.2) is 0 Å². The average Bonchev–Trinajstić information content (AvgIpc) is 2.77. The van der Waals surface area contributed by atoms with Gasteiger partial charge in [0, 0.05) is 23.9 Å². The average molecular weight is 289 g/mol. The van der Waals surface area contributed by atoms with Crippen molar-refractivity contribution in [1.29, 1.82) is 0 Å². The van der Waals surface area contributed by atoms with Gasteiger partial charge in [-0.1, -0.05) is 18.2 Å². The van der Waals surface area contributed by atoms with Crippen molar-refractivity contribution in [3.8, 4) is 0 Å². The van der Waals surface area contributed by atoms with Crippen molar-refractivity contribution in [2.24, 2.45) is 0 Å². The Labute approximate surface area is 122 Å². The second-order valence-electron chi connectivity index (χ2n) is 5.11. The van der Waals surface area contributed by atoms with Gasteiger partial charge in [0.05, 0.1) is 0 Å². The van der Waals surface area contributed by atoms with Crippen LogP contribution in [0.15, 0.2) is 22.6 Å². The summed E-state index contributed by atoms with van der Waals surface area (Å²) in [5.41, 5.74) is 2.57. The number of amides is 1. The van der Waals surface area contributed by atoms with Gasteiger partial charge < -0.3 is 14.8 Å². The summed E-state index contributed by atoms with van der Waals surface area (Å²) >= 11 is 0. The van der Waals surface area contributed by atoms with Crippen LogP contribution in [0.4, 0.5) is 0 Å². The summed E-state index contributed by atoms with van der Waals surface area (Å²) in [6.07, 6.45) is 1.31. The lowest BCUT2D eigenvalue weighted by atomic mass is 10.1. The first-order valence-electron chi connectivity index (χ1n) is 6.99. The number of fused-ring (bicyclic) bond motifs is 1. The van der Waals surface area contributed by atoms with E-state index in [9.17, 15) is 9.59 Å². The zero-order valence-corrected chi connectivity index (χ0v) is 12.2. The Hall–Kier alpha value is -2.30. The Morgan fingerprint density at radius 3 is 2.67 bits per heavy atom. The molecule has 0 atom stereocenters. The van der Waals surface area contributed by atoms with Crippen LogP contribution in [-0.4, -0.2) is 23.5 Å². The number of para-hydroxylation sites is 1. The number of carbonyl (C=O) groups is 2. The fourth-order valence-electron chi connectivity index (χ4n) is 2.28. The maximum absolute atomic E-state index is 12.1. The van der Waals surface area contributed by atoms with E-state index in [0.717, 1.165) is 22.1 Å². The van der Waals surface area contributed by atoms with Gasteiger partial charge in [-0.05, 0) is 32.3 Å². The van der Waals surface area contributed by atoms with Crippen LogP contribution in [0.1, 0.15) is 40.9 Å². The molecule has 0 radical (unpaired) electrons. The largest absolute Gasteiger partial charge is 0.481 e. The van der Waals surface area contributed by atoms with Gasteiger partial charge >= 0.3 is 5.97 Å². The van der Waals surface area contributed by atoms with Crippen LogP contribution < -0.4 is 5.32 Å². The molecule has 2 aromatic rings. The molecule has 112 valence electrons. The van der Waals surface area contributed by atoms with Gasteiger partial charge in [0.1, 0.15) is 5.58 Å². The van der Waals surface area contributed by atoms with Crippen molar-refractivity contribution in [3.05, 3.63) is 35.1 Å². The van der Waals surface area contributed by atoms with Crippen molar-refractivity contribution < 1.29 is 19.1 Å². The minimum Gasteiger partial charge on any atom is -0.481 e. The number of aryl methyl sites for hydroxylation is 2. The van der Waals surface area contributed by atoms with Gasteiger partial charge in [-0.3, -0.25) is 9.59 Å². The molecule has 0 unspecified atom stereocenters. The minimum absolute atomic E-state index is 0.124. The fraction of sp³-hybridized carbons (Fsp3) is 0.375. The predicted molar refractivity (Wildman–Crippen MR) is 79.5 cm³/mol. The molecular formula is C16H19NO4. The van der Waals surface area contributed by atoms with Crippen LogP contribution in [0.5, 0.6) is 0 Å². The first-order chi connectivity index (χ1) is 10.0. The highest BCUT2D eigenvalue weighted by Gasteiger charge is 2.17. The van der Waals surface area contributed by atoms with E-state index in [0.29, 0.717) is 25.1 Å². The first-order valence-corrected chi connectivity index (χ1v) is 6.99. The second kappa shape index (κ2) is 6.43. The quantitative estimate of drug-likeness (QED) is 0.801. The Morgan fingerprint density at radius 2 is 2.00 bits per heavy atom. The smallest absolute Gasteiger partial charge is 0.303 e. The molecule has 0 spiro atoms. The lowest BCUT2D eigenvalue weighted by Crippen LogP contribution is -2.24. The van der Waals surface area contributed by atoms with Crippen molar-refractivity contribution >= 4 is 22.8 Å². The van der Waals surface area contributed by atoms with Crippen molar-refractivity contribution in [1.82, 2.24) is 5.32 Å². The normalized spacial score (nSPS) is 10.8. The summed E-state index contributed by atoms with van der Waals surface area (Å²) in [4.78, 5) is 22.5. The number of carboxylic acid groups (broad SMARTS) is 1. The summed E-state index contributed by atoms with van der Waals surface area (Å²) in [5.74, 6) is -0.735. The van der Waals surface area contributed by atoms with Crippen molar-refractivity contribution in [3.63, 3.8) is 0 Å². The second-order valence-corrected chi connectivity index (χ2v) is 5.11. The topological polar surface area (TPSA) is 79.5 Å². The number of furan rings is 1. The van der Waals surface area contributed by atoms with Crippen LogP contribution in [0.25, 0.3) is 11.0 Å². The number of rotatable bonds is 6. The molecular weight excluding hydrogens is 270 g/mol. The van der Waals surface area contributed by atoms with Crippen LogP contribution in [-0.2, 0) is 4.79 Å². The maximum atomic E-state index is 12.1. The molecule has 1 aromatic heterocycles. The third-order valence-corrected chi connectivity index (χ3v) is 3.47. The predicted octanol–water partition coefficient (Wildman–Crippen LogP) is 3.03. The number of aliphatic carboxylic acids is 1. The van der Waals surface area contributed by atoms with Gasteiger partial charge in [-0.2, -0.15) is 0 Å². The van der Waals surface area contributed by atoms with Crippen molar-refractivity contribution in [2.75, 3.05) is 6.54 Å². The highest BCUT2D eigenvalue weighted by Crippen LogP contribution is 2.27. The number of unbranched alkanes of at least 4 members (excludes halogenated alkanes) is 1. The maximum Gasteiger partial charge on any atom is 0.303 e. The van der Waals surface area contributed by atoms with Crippen LogP contribution in [0.2, 0.25) is 0 Å². The molecule has 21 heavy (non-hydrogen) atoms. The molecule has 5 heteroatoms. The lowest BCUT2D eigenvalue weighted by molar-refractivity contribution is -0.137. The van der Waals surface area contributed by atoms with E-state index in [4.69, 9.17) is 9.52 Å². The Morgan fingerprint density at radius 1 is 1.24 bits per heavy atom. The van der Waals surface area contributed by atoms with E-state index in [1.807, 2.05) is 32.0 Å². The highest BCUT2D eigenvalue weighted by molar-refractivity contribution is 5.99. The molecule has 0 saturated heterocycles. The highest BCUT2D eigenvalue weighted by atomic mass is 16.4. The monoisotopic (exact) mass is 289 g/mol. The molecule has 0 bridgehead atoms. The van der Waals surface area contributed by atoms with Crippen LogP contribution in [0, 0.1) is 13.8 Å². The molecule has 2 N–H and O–H groups in total. The Balaban J connectivity index is 2.01. The Kier molecular flexibility index (Phi) is 4.62. The first kappa shape index (κ1) is 15.1. The molecule has 0 aliphatic heterocycles. The molecule has 0 fully saturated rings. The van der Waals surface area contributed by atoms with E-state index < -0.39 is 5.97 Å². The number of hydrogen-bond donors (Lipinski definition) is 2. The molecule has 1 aromatic carbocycles. The van der Waals surface area contributed by atoms with E-state index in [-0.39, 0.29) is 12.3 Å². The SMILES string of the molecule is Cc1c(C(=O)NCCCCC(=O)O)oc2c(C)cccc12. The van der Waals surface area contributed by atoms with E-state index >= 15 is 0 Å². The number of benzene rings is 1. The van der Waals surface area contributed by atoms with E-state index in [2.05, 4.69) is 5.32 Å². The molecule has 1 amide bonds. The van der Waals surface area contributed by atoms with Gasteiger partial charge in [0.25, 0.3) is 5.91 Å². The Bertz CT molecular complexity index is 672. The summed E-state index contributed by atoms with van der Waals surface area (Å²) in [5, 5.41) is 12.3. The molecule has 0 aliphatic carbocycles. The zero-order chi connectivity index (χ0) is 15.4. The van der Waals surface area contributed by atoms with Gasteiger partial charge in [0.15, 0.2) is 5.76 Å². The fourth-order valence-corrected chi connectivity index (χ4v) is 2.28. The van der Waals surface area contributed by atoms with Crippen molar-refractivity contribution in [2.45, 2.75) is 33.1 Å². The summed E-state index contributed by atoms with van der Waals surface area (Å²) in [6.45, 7) is 4.26. The number of nitrogens with one attached hydrogen (secondary N) is 1. The summed E-state index contributed by atoms with van der Waals surface area (Å²) in [7, 11) is 0. The summed E-state index contributed by atoms with van der Waals surface area (Å²) < 4.78 is 5.68. The molecule has 5 nitrogen and oxygen atoms in total. The number of carboxylic acids is 1. The minimum atomic E-state index is -0.815. The molecule has 2 rings (SSSR count). The van der Waals surface area contributed by atoms with Crippen LogP contribution in [0.3, 0.4) is 0 Å². The van der Waals surface area contributed by atoms with E-state index in [1.54, 1.807) is 0 Å². The lowest BCUT2D eigenvalue weighted by Gasteiger charge is -2.02. The molecule has 1 heterocycles.